The molecule has 3 N–H and O–H groups in total. The number of hydrogen-bond donors (Lipinski definition) is 3. The van der Waals surface area contributed by atoms with Gasteiger partial charge in [-0.2, -0.15) is 0 Å². The highest BCUT2D eigenvalue weighted by molar-refractivity contribution is 8.00. The Kier molecular flexibility index (Phi) is 10.9. The quantitative estimate of drug-likeness (QED) is 0.0484. The fraction of sp³-hybridized carbons (Fsp3) is 0.0233. The van der Waals surface area contributed by atoms with Crippen LogP contribution in [0, 0.1) is 10.1 Å². The molecule has 0 bridgehead atoms. The third-order valence-corrected chi connectivity index (χ3v) is 9.57. The molecule has 3 amide bonds. The molecule has 0 saturated carbocycles. The average molecular weight is 746 g/mol. The Labute approximate surface area is 319 Å². The molecule has 0 saturated heterocycles. The van der Waals surface area contributed by atoms with Crippen LogP contribution in [0.3, 0.4) is 0 Å². The van der Waals surface area contributed by atoms with Crippen molar-refractivity contribution in [2.45, 2.75) is 10.1 Å². The number of aromatic nitrogens is 1. The van der Waals surface area contributed by atoms with E-state index in [0.717, 1.165) is 16.6 Å². The maximum Gasteiger partial charge on any atom is 0.272 e. The SMILES string of the molecule is O=C(Nc1cccc(SC(C(=O)Nc2ccc(-c3nc4ccccc4o3)cc2)c2ccccc2)c1)/C(=C\c1ccc([N+](=O)[O-])cc1)NC(=O)c1ccccc1. The first-order valence-electron chi connectivity index (χ1n) is 17.0. The lowest BCUT2D eigenvalue weighted by Crippen LogP contribution is -2.30. The fourth-order valence-electron chi connectivity index (χ4n) is 5.58. The van der Waals surface area contributed by atoms with Crippen molar-refractivity contribution in [1.29, 1.82) is 0 Å². The highest BCUT2D eigenvalue weighted by Gasteiger charge is 2.23. The molecule has 55 heavy (non-hydrogen) atoms. The summed E-state index contributed by atoms with van der Waals surface area (Å²) in [4.78, 5) is 56.6. The molecule has 1 atom stereocenters. The number of nitro groups is 1. The topological polar surface area (TPSA) is 156 Å². The number of fused-ring (bicyclic) bond motifs is 1. The number of rotatable bonds is 12. The second-order valence-corrected chi connectivity index (χ2v) is 13.3. The number of nitrogens with zero attached hydrogens (tertiary/aromatic N) is 2. The Hall–Kier alpha value is -7.31. The Balaban J connectivity index is 1.09. The minimum absolute atomic E-state index is 0.0792. The number of thioether (sulfide) groups is 1. The molecule has 0 aliphatic heterocycles. The first-order valence-corrected chi connectivity index (χ1v) is 17.9. The summed E-state index contributed by atoms with van der Waals surface area (Å²) in [7, 11) is 0. The first kappa shape index (κ1) is 36.1. The van der Waals surface area contributed by atoms with E-state index in [2.05, 4.69) is 20.9 Å². The van der Waals surface area contributed by atoms with Crippen LogP contribution in [0.15, 0.2) is 173 Å². The normalized spacial score (nSPS) is 11.7. The Morgan fingerprint density at radius 1 is 0.727 bits per heavy atom. The van der Waals surface area contributed by atoms with Gasteiger partial charge in [0.05, 0.1) is 4.92 Å². The zero-order chi connectivity index (χ0) is 38.1. The van der Waals surface area contributed by atoms with E-state index < -0.39 is 22.0 Å². The van der Waals surface area contributed by atoms with Crippen molar-refractivity contribution in [3.8, 4) is 11.5 Å². The molecule has 1 unspecified atom stereocenters. The number of non-ortho nitro benzene ring substituents is 1. The molecule has 6 aromatic carbocycles. The second-order valence-electron chi connectivity index (χ2n) is 12.2. The number of benzene rings is 6. The highest BCUT2D eigenvalue weighted by atomic mass is 32.2. The van der Waals surface area contributed by atoms with E-state index >= 15 is 0 Å². The van der Waals surface area contributed by atoms with Crippen molar-refractivity contribution in [3.05, 3.63) is 190 Å². The maximum absolute atomic E-state index is 13.9. The van der Waals surface area contributed by atoms with Crippen molar-refractivity contribution in [2.75, 3.05) is 10.6 Å². The van der Waals surface area contributed by atoms with E-state index in [9.17, 15) is 24.5 Å². The number of oxazole rings is 1. The predicted molar refractivity (Wildman–Crippen MR) is 213 cm³/mol. The summed E-state index contributed by atoms with van der Waals surface area (Å²) in [6, 6.07) is 45.2. The van der Waals surface area contributed by atoms with Crippen molar-refractivity contribution >= 4 is 63.7 Å². The summed E-state index contributed by atoms with van der Waals surface area (Å²) < 4.78 is 5.89. The van der Waals surface area contributed by atoms with Crippen LogP contribution in [-0.4, -0.2) is 27.6 Å². The van der Waals surface area contributed by atoms with Gasteiger partial charge >= 0.3 is 0 Å². The number of para-hydroxylation sites is 2. The number of carbonyl (C=O) groups excluding carboxylic acids is 3. The van der Waals surface area contributed by atoms with Crippen molar-refractivity contribution < 1.29 is 23.7 Å². The van der Waals surface area contributed by atoms with E-state index in [4.69, 9.17) is 4.42 Å². The zero-order valence-corrected chi connectivity index (χ0v) is 29.7. The number of anilines is 2. The van der Waals surface area contributed by atoms with Gasteiger partial charge in [0.25, 0.3) is 17.5 Å². The molecule has 270 valence electrons. The molecule has 7 aromatic rings. The number of amides is 3. The van der Waals surface area contributed by atoms with Gasteiger partial charge in [0, 0.05) is 39.5 Å². The van der Waals surface area contributed by atoms with Gasteiger partial charge in [-0.25, -0.2) is 4.98 Å². The Bertz CT molecular complexity index is 2490. The van der Waals surface area contributed by atoms with Crippen LogP contribution in [0.4, 0.5) is 17.1 Å². The summed E-state index contributed by atoms with van der Waals surface area (Å²) in [5.41, 5.74) is 4.63. The molecule has 0 aliphatic carbocycles. The fourth-order valence-corrected chi connectivity index (χ4v) is 6.67. The predicted octanol–water partition coefficient (Wildman–Crippen LogP) is 9.28. The molecule has 7 rings (SSSR count). The molecular formula is C43H31N5O6S. The lowest BCUT2D eigenvalue weighted by atomic mass is 10.1. The molecule has 0 fully saturated rings. The van der Waals surface area contributed by atoms with Crippen LogP contribution < -0.4 is 16.0 Å². The minimum Gasteiger partial charge on any atom is -0.436 e. The lowest BCUT2D eigenvalue weighted by Gasteiger charge is -2.18. The van der Waals surface area contributed by atoms with E-state index in [-0.39, 0.29) is 17.3 Å². The maximum atomic E-state index is 13.9. The minimum atomic E-state index is -0.661. The molecular weight excluding hydrogens is 715 g/mol. The molecule has 1 heterocycles. The number of nitrogens with one attached hydrogen (secondary N) is 3. The van der Waals surface area contributed by atoms with E-state index in [0.29, 0.717) is 38.9 Å². The Morgan fingerprint density at radius 3 is 2.13 bits per heavy atom. The summed E-state index contributed by atoms with van der Waals surface area (Å²) in [5, 5.41) is 19.0. The second kappa shape index (κ2) is 16.6. The zero-order valence-electron chi connectivity index (χ0n) is 28.9. The summed E-state index contributed by atoms with van der Waals surface area (Å²) >= 11 is 1.31. The first-order chi connectivity index (χ1) is 26.8. The standard InChI is InChI=1S/C43H31N5O6S/c49-40(30-12-5-2-6-13-30)46-37(26-28-18-24-34(25-19-28)48(52)53)41(50)45-33-14-9-15-35(27-33)55-39(29-10-3-1-4-11-29)42(51)44-32-22-20-31(21-23-32)43-47-36-16-7-8-17-38(36)54-43/h1-27,39H,(H,44,51)(H,45,50)(H,46,49)/b37-26+. The van der Waals surface area contributed by atoms with Crippen LogP contribution in [0.25, 0.3) is 28.6 Å². The van der Waals surface area contributed by atoms with E-state index in [1.165, 1.54) is 42.1 Å². The van der Waals surface area contributed by atoms with Gasteiger partial charge in [-0.05, 0) is 96.1 Å². The summed E-state index contributed by atoms with van der Waals surface area (Å²) in [6.07, 6.45) is 1.44. The van der Waals surface area contributed by atoms with Gasteiger partial charge in [-0.1, -0.05) is 66.7 Å². The summed E-state index contributed by atoms with van der Waals surface area (Å²) in [5.74, 6) is -0.900. The van der Waals surface area contributed by atoms with Gasteiger partial charge in [-0.3, -0.25) is 24.5 Å². The van der Waals surface area contributed by atoms with Crippen molar-refractivity contribution in [1.82, 2.24) is 10.3 Å². The van der Waals surface area contributed by atoms with Gasteiger partial charge in [0.1, 0.15) is 16.5 Å². The third kappa shape index (κ3) is 9.02. The summed E-state index contributed by atoms with van der Waals surface area (Å²) in [6.45, 7) is 0. The molecule has 1 aromatic heterocycles. The molecule has 0 radical (unpaired) electrons. The smallest absolute Gasteiger partial charge is 0.272 e. The number of nitro benzene ring substituents is 1. The Morgan fingerprint density at radius 2 is 1.42 bits per heavy atom. The molecule has 0 spiro atoms. The number of carbonyl (C=O) groups is 3. The van der Waals surface area contributed by atoms with Crippen LogP contribution >= 0.6 is 11.8 Å². The van der Waals surface area contributed by atoms with Crippen molar-refractivity contribution in [2.24, 2.45) is 0 Å². The van der Waals surface area contributed by atoms with Gasteiger partial charge in [0.15, 0.2) is 5.58 Å². The highest BCUT2D eigenvalue weighted by Crippen LogP contribution is 2.37. The average Bonchev–Trinajstić information content (AvgIpc) is 3.65. The lowest BCUT2D eigenvalue weighted by molar-refractivity contribution is -0.384. The number of hydrogen-bond acceptors (Lipinski definition) is 8. The van der Waals surface area contributed by atoms with Crippen LogP contribution in [0.5, 0.6) is 0 Å². The van der Waals surface area contributed by atoms with Gasteiger partial charge in [0.2, 0.25) is 11.8 Å². The van der Waals surface area contributed by atoms with Crippen LogP contribution in [0.2, 0.25) is 0 Å². The monoisotopic (exact) mass is 745 g/mol. The molecule has 11 nitrogen and oxygen atoms in total. The van der Waals surface area contributed by atoms with Crippen LogP contribution in [-0.2, 0) is 9.59 Å². The largest absolute Gasteiger partial charge is 0.436 e. The van der Waals surface area contributed by atoms with Crippen LogP contribution in [0.1, 0.15) is 26.7 Å². The van der Waals surface area contributed by atoms with E-state index in [1.54, 1.807) is 60.7 Å². The van der Waals surface area contributed by atoms with Gasteiger partial charge in [-0.15, -0.1) is 11.8 Å². The molecule has 12 heteroatoms. The van der Waals surface area contributed by atoms with E-state index in [1.807, 2.05) is 72.8 Å². The molecule has 0 aliphatic rings. The van der Waals surface area contributed by atoms with Gasteiger partial charge < -0.3 is 20.4 Å². The van der Waals surface area contributed by atoms with Crippen molar-refractivity contribution in [3.63, 3.8) is 0 Å². The third-order valence-electron chi connectivity index (χ3n) is 8.32.